The monoisotopic (exact) mass is 253 g/mol. The Labute approximate surface area is 110 Å². The Balaban J connectivity index is 2.19. The van der Waals surface area contributed by atoms with Gasteiger partial charge in [-0.2, -0.15) is 5.10 Å². The summed E-state index contributed by atoms with van der Waals surface area (Å²) in [5.41, 5.74) is 1.90. The number of benzene rings is 1. The molecule has 0 N–H and O–H groups in total. The lowest BCUT2D eigenvalue weighted by atomic mass is 10.2. The van der Waals surface area contributed by atoms with Crippen LogP contribution in [0.4, 0.5) is 0 Å². The molecule has 0 radical (unpaired) electrons. The highest BCUT2D eigenvalue weighted by Crippen LogP contribution is 2.21. The smallest absolute Gasteiger partial charge is 0.167 e. The zero-order valence-corrected chi connectivity index (χ0v) is 10.2. The van der Waals surface area contributed by atoms with Crippen LogP contribution in [-0.2, 0) is 12.6 Å². The first-order valence-corrected chi connectivity index (χ1v) is 5.85. The van der Waals surface area contributed by atoms with Gasteiger partial charge in [0.2, 0.25) is 0 Å². The number of rotatable bonds is 2. The van der Waals surface area contributed by atoms with Crippen LogP contribution < -0.4 is 0 Å². The molecule has 0 fully saturated rings. The fraction of sp³-hybridized carbons (Fsp3) is 0. The van der Waals surface area contributed by atoms with Crippen molar-refractivity contribution in [2.75, 3.05) is 0 Å². The molecule has 0 aliphatic carbocycles. The molecule has 3 rings (SSSR count). The first-order valence-electron chi connectivity index (χ1n) is 5.44. The Kier molecular flexibility index (Phi) is 2.74. The molecular weight excluding hydrogens is 244 g/mol. The number of pyridine rings is 1. The molecule has 18 heavy (non-hydrogen) atoms. The highest BCUT2D eigenvalue weighted by Gasteiger charge is 2.08. The lowest BCUT2D eigenvalue weighted by molar-refractivity contribution is 0.891. The molecule has 1 aromatic carbocycles. The molecule has 0 saturated carbocycles. The van der Waals surface area contributed by atoms with Gasteiger partial charge in [-0.15, -0.1) is 5.10 Å². The number of hydrogen-bond donors (Lipinski definition) is 0. The molecule has 0 bridgehead atoms. The van der Waals surface area contributed by atoms with E-state index in [0.29, 0.717) is 5.16 Å². The van der Waals surface area contributed by atoms with Crippen molar-refractivity contribution in [3.05, 3.63) is 54.9 Å². The van der Waals surface area contributed by atoms with Gasteiger partial charge in [0.1, 0.15) is 0 Å². The number of nitrogens with zero attached hydrogens (tertiary/aromatic N) is 4. The van der Waals surface area contributed by atoms with Crippen molar-refractivity contribution >= 4 is 12.6 Å². The van der Waals surface area contributed by atoms with Gasteiger partial charge in [0.25, 0.3) is 0 Å². The third-order valence-corrected chi connectivity index (χ3v) is 2.85. The predicted molar refractivity (Wildman–Crippen MR) is 70.2 cm³/mol. The van der Waals surface area contributed by atoms with E-state index in [-0.39, 0.29) is 0 Å². The van der Waals surface area contributed by atoms with Gasteiger partial charge in [0.05, 0.1) is 0 Å². The van der Waals surface area contributed by atoms with Crippen molar-refractivity contribution in [2.24, 2.45) is 0 Å². The van der Waals surface area contributed by atoms with Gasteiger partial charge in [0.15, 0.2) is 5.82 Å². The van der Waals surface area contributed by atoms with Crippen molar-refractivity contribution < 1.29 is 0 Å². The highest BCUT2D eigenvalue weighted by atomic mass is 32.1. The van der Waals surface area contributed by atoms with E-state index in [0.717, 1.165) is 17.1 Å². The first kappa shape index (κ1) is 10.9. The van der Waals surface area contributed by atoms with Crippen LogP contribution in [0.15, 0.2) is 60.0 Å². The summed E-state index contributed by atoms with van der Waals surface area (Å²) >= 11 is 5.23. The molecule has 2 heterocycles. The molecule has 4 nitrogen and oxygen atoms in total. The molecule has 2 aromatic heterocycles. The summed E-state index contributed by atoms with van der Waals surface area (Å²) in [5, 5.41) is 8.57. The SMILES string of the molecule is [S-]c1nnc(-c2ccncc2)n1-c1ccccc1. The van der Waals surface area contributed by atoms with Gasteiger partial charge in [0, 0.05) is 28.8 Å². The van der Waals surface area contributed by atoms with Crippen LogP contribution in [-0.4, -0.2) is 19.7 Å². The second-order valence-corrected chi connectivity index (χ2v) is 4.08. The van der Waals surface area contributed by atoms with Crippen LogP contribution in [0.25, 0.3) is 17.1 Å². The average Bonchev–Trinajstić information content (AvgIpc) is 2.83. The van der Waals surface area contributed by atoms with Gasteiger partial charge in [-0.05, 0) is 24.3 Å². The molecule has 0 aliphatic heterocycles. The molecule has 5 heteroatoms. The minimum Gasteiger partial charge on any atom is -0.740 e. The van der Waals surface area contributed by atoms with E-state index in [2.05, 4.69) is 15.2 Å². The van der Waals surface area contributed by atoms with Gasteiger partial charge >= 0.3 is 0 Å². The Bertz CT molecular complexity index is 649. The maximum atomic E-state index is 5.23. The predicted octanol–water partition coefficient (Wildman–Crippen LogP) is 2.24. The Morgan fingerprint density at radius 1 is 0.889 bits per heavy atom. The molecule has 0 spiro atoms. The molecule has 3 aromatic rings. The van der Waals surface area contributed by atoms with Crippen LogP contribution in [0.1, 0.15) is 0 Å². The van der Waals surface area contributed by atoms with E-state index in [4.69, 9.17) is 12.6 Å². The van der Waals surface area contributed by atoms with Crippen molar-refractivity contribution in [3.8, 4) is 17.1 Å². The standard InChI is InChI=1S/C13H10N4S/c18-13-16-15-12(10-6-8-14-9-7-10)17(13)11-4-2-1-3-5-11/h1-9H,(H,16,18)/p-1. The molecule has 0 atom stereocenters. The van der Waals surface area contributed by atoms with Gasteiger partial charge in [-0.1, -0.05) is 18.2 Å². The lowest BCUT2D eigenvalue weighted by Crippen LogP contribution is -1.99. The van der Waals surface area contributed by atoms with Gasteiger partial charge in [-0.25, -0.2) is 0 Å². The van der Waals surface area contributed by atoms with Crippen LogP contribution >= 0.6 is 0 Å². The first-order chi connectivity index (χ1) is 8.86. The molecular formula is C13H9N4S-. The molecule has 88 valence electrons. The largest absolute Gasteiger partial charge is 0.740 e. The quantitative estimate of drug-likeness (QED) is 0.657. The van der Waals surface area contributed by atoms with Crippen LogP contribution in [0.2, 0.25) is 0 Å². The van der Waals surface area contributed by atoms with Gasteiger partial charge in [-0.3, -0.25) is 9.55 Å². The third kappa shape index (κ3) is 1.84. The molecule has 0 saturated heterocycles. The molecule has 0 aliphatic rings. The Morgan fingerprint density at radius 3 is 2.33 bits per heavy atom. The summed E-state index contributed by atoms with van der Waals surface area (Å²) < 4.78 is 1.85. The Morgan fingerprint density at radius 2 is 1.61 bits per heavy atom. The summed E-state index contributed by atoms with van der Waals surface area (Å²) in [5.74, 6) is 0.730. The van der Waals surface area contributed by atoms with E-state index < -0.39 is 0 Å². The highest BCUT2D eigenvalue weighted by molar-refractivity contribution is 7.58. The second kappa shape index (κ2) is 4.54. The Hall–Kier alpha value is -2.27. The van der Waals surface area contributed by atoms with Crippen LogP contribution in [0, 0.1) is 0 Å². The maximum absolute atomic E-state index is 5.23. The average molecular weight is 253 g/mol. The van der Waals surface area contributed by atoms with Crippen molar-refractivity contribution in [1.82, 2.24) is 19.7 Å². The van der Waals surface area contributed by atoms with Crippen molar-refractivity contribution in [2.45, 2.75) is 5.16 Å². The van der Waals surface area contributed by atoms with Crippen LogP contribution in [0.3, 0.4) is 0 Å². The number of hydrogen-bond acceptors (Lipinski definition) is 4. The summed E-state index contributed by atoms with van der Waals surface area (Å²) in [6, 6.07) is 13.6. The minimum atomic E-state index is 0.452. The van der Waals surface area contributed by atoms with E-state index in [1.807, 2.05) is 47.0 Å². The van der Waals surface area contributed by atoms with E-state index in [1.54, 1.807) is 12.4 Å². The van der Waals surface area contributed by atoms with E-state index in [1.165, 1.54) is 0 Å². The lowest BCUT2D eigenvalue weighted by Gasteiger charge is -2.12. The minimum absolute atomic E-state index is 0.452. The fourth-order valence-electron chi connectivity index (χ4n) is 1.77. The normalized spacial score (nSPS) is 10.4. The molecule has 0 amide bonds. The topological polar surface area (TPSA) is 43.6 Å². The second-order valence-electron chi connectivity index (χ2n) is 3.71. The third-order valence-electron chi connectivity index (χ3n) is 2.59. The van der Waals surface area contributed by atoms with Gasteiger partial charge < -0.3 is 12.6 Å². The summed E-state index contributed by atoms with van der Waals surface area (Å²) in [6.07, 6.45) is 3.45. The van der Waals surface area contributed by atoms with Crippen molar-refractivity contribution in [3.63, 3.8) is 0 Å². The van der Waals surface area contributed by atoms with E-state index in [9.17, 15) is 0 Å². The van der Waals surface area contributed by atoms with Crippen LogP contribution in [0.5, 0.6) is 0 Å². The van der Waals surface area contributed by atoms with Crippen molar-refractivity contribution in [1.29, 1.82) is 0 Å². The fourth-order valence-corrected chi connectivity index (χ4v) is 2.00. The zero-order valence-electron chi connectivity index (χ0n) is 9.39. The summed E-state index contributed by atoms with van der Waals surface area (Å²) in [6.45, 7) is 0. The molecule has 0 unspecified atom stereocenters. The van der Waals surface area contributed by atoms with E-state index >= 15 is 0 Å². The maximum Gasteiger partial charge on any atom is 0.167 e. The summed E-state index contributed by atoms with van der Waals surface area (Å²) in [4.78, 5) is 4.00. The zero-order chi connectivity index (χ0) is 12.4. The summed E-state index contributed by atoms with van der Waals surface area (Å²) in [7, 11) is 0. The number of aromatic nitrogens is 4. The number of para-hydroxylation sites is 1.